The SMILES string of the molecule is Cc1cccc(C)c1CC(O)c1ccnc2ccccc12. The van der Waals surface area contributed by atoms with Crippen LogP contribution in [-0.2, 0) is 6.42 Å². The van der Waals surface area contributed by atoms with Crippen molar-refractivity contribution in [2.24, 2.45) is 0 Å². The van der Waals surface area contributed by atoms with Crippen molar-refractivity contribution in [1.29, 1.82) is 0 Å². The molecule has 106 valence electrons. The number of rotatable bonds is 3. The van der Waals surface area contributed by atoms with Gasteiger partial charge in [0.2, 0.25) is 0 Å². The fraction of sp³-hybridized carbons (Fsp3) is 0.211. The third-order valence-corrected chi connectivity index (χ3v) is 4.08. The zero-order valence-corrected chi connectivity index (χ0v) is 12.4. The summed E-state index contributed by atoms with van der Waals surface area (Å²) >= 11 is 0. The highest BCUT2D eigenvalue weighted by Crippen LogP contribution is 2.27. The molecule has 0 radical (unpaired) electrons. The minimum Gasteiger partial charge on any atom is -0.388 e. The third-order valence-electron chi connectivity index (χ3n) is 4.08. The Kier molecular flexibility index (Phi) is 3.72. The molecule has 21 heavy (non-hydrogen) atoms. The first-order valence-corrected chi connectivity index (χ1v) is 7.23. The molecule has 1 unspecified atom stereocenters. The van der Waals surface area contributed by atoms with Crippen molar-refractivity contribution in [3.8, 4) is 0 Å². The number of pyridine rings is 1. The van der Waals surface area contributed by atoms with Crippen molar-refractivity contribution < 1.29 is 5.11 Å². The van der Waals surface area contributed by atoms with Crippen LogP contribution in [0, 0.1) is 13.8 Å². The quantitative estimate of drug-likeness (QED) is 0.781. The van der Waals surface area contributed by atoms with Gasteiger partial charge in [0.1, 0.15) is 0 Å². The number of aliphatic hydroxyl groups is 1. The average molecular weight is 277 g/mol. The molecule has 3 rings (SSSR count). The Labute approximate surface area is 125 Å². The summed E-state index contributed by atoms with van der Waals surface area (Å²) in [7, 11) is 0. The number of aromatic nitrogens is 1. The minimum absolute atomic E-state index is 0.516. The standard InChI is InChI=1S/C19H19NO/c1-13-6-5-7-14(2)17(13)12-19(21)16-10-11-20-18-9-4-3-8-15(16)18/h3-11,19,21H,12H2,1-2H3. The van der Waals surface area contributed by atoms with Crippen LogP contribution in [0.2, 0.25) is 0 Å². The van der Waals surface area contributed by atoms with Gasteiger partial charge in [-0.05, 0) is 48.2 Å². The number of para-hydroxylation sites is 1. The number of fused-ring (bicyclic) bond motifs is 1. The van der Waals surface area contributed by atoms with Gasteiger partial charge >= 0.3 is 0 Å². The first-order valence-electron chi connectivity index (χ1n) is 7.23. The van der Waals surface area contributed by atoms with Crippen molar-refractivity contribution in [3.05, 3.63) is 77.0 Å². The second kappa shape index (κ2) is 5.66. The molecule has 0 amide bonds. The highest BCUT2D eigenvalue weighted by molar-refractivity contribution is 5.82. The van der Waals surface area contributed by atoms with Gasteiger partial charge in [-0.25, -0.2) is 0 Å². The van der Waals surface area contributed by atoms with Crippen LogP contribution in [0.3, 0.4) is 0 Å². The van der Waals surface area contributed by atoms with Crippen molar-refractivity contribution in [2.45, 2.75) is 26.4 Å². The Morgan fingerprint density at radius 1 is 0.952 bits per heavy atom. The van der Waals surface area contributed by atoms with Crippen LogP contribution in [0.5, 0.6) is 0 Å². The molecule has 0 aliphatic heterocycles. The van der Waals surface area contributed by atoms with Crippen LogP contribution >= 0.6 is 0 Å². The lowest BCUT2D eigenvalue weighted by Crippen LogP contribution is -2.06. The highest BCUT2D eigenvalue weighted by atomic mass is 16.3. The summed E-state index contributed by atoms with van der Waals surface area (Å²) in [6.07, 6.45) is 1.88. The van der Waals surface area contributed by atoms with E-state index in [-0.39, 0.29) is 0 Å². The van der Waals surface area contributed by atoms with Gasteiger partial charge < -0.3 is 5.11 Å². The Hall–Kier alpha value is -2.19. The lowest BCUT2D eigenvalue weighted by molar-refractivity contribution is 0.179. The zero-order valence-electron chi connectivity index (χ0n) is 12.4. The maximum absolute atomic E-state index is 10.7. The molecule has 2 heteroatoms. The molecule has 2 nitrogen and oxygen atoms in total. The molecule has 0 bridgehead atoms. The summed E-state index contributed by atoms with van der Waals surface area (Å²) in [5.74, 6) is 0. The predicted octanol–water partition coefficient (Wildman–Crippen LogP) is 4.13. The van der Waals surface area contributed by atoms with Gasteiger partial charge in [0.25, 0.3) is 0 Å². The topological polar surface area (TPSA) is 33.1 Å². The molecular weight excluding hydrogens is 258 g/mol. The summed E-state index contributed by atoms with van der Waals surface area (Å²) in [5, 5.41) is 11.7. The maximum atomic E-state index is 10.7. The first-order chi connectivity index (χ1) is 10.2. The maximum Gasteiger partial charge on any atom is 0.0837 e. The normalized spacial score (nSPS) is 12.5. The lowest BCUT2D eigenvalue weighted by atomic mass is 9.93. The summed E-state index contributed by atoms with van der Waals surface area (Å²) in [4.78, 5) is 4.36. The summed E-state index contributed by atoms with van der Waals surface area (Å²) < 4.78 is 0. The second-order valence-corrected chi connectivity index (χ2v) is 5.51. The fourth-order valence-corrected chi connectivity index (χ4v) is 2.88. The molecule has 1 heterocycles. The van der Waals surface area contributed by atoms with E-state index < -0.39 is 6.10 Å². The number of nitrogens with zero attached hydrogens (tertiary/aromatic N) is 1. The molecule has 1 aromatic heterocycles. The van der Waals surface area contributed by atoms with Crippen LogP contribution in [-0.4, -0.2) is 10.1 Å². The summed E-state index contributed by atoms with van der Waals surface area (Å²) in [6.45, 7) is 4.19. The average Bonchev–Trinajstić information content (AvgIpc) is 2.50. The van der Waals surface area contributed by atoms with Gasteiger partial charge in [-0.2, -0.15) is 0 Å². The minimum atomic E-state index is -0.516. The Morgan fingerprint density at radius 3 is 2.43 bits per heavy atom. The van der Waals surface area contributed by atoms with Crippen molar-refractivity contribution in [3.63, 3.8) is 0 Å². The van der Waals surface area contributed by atoms with E-state index in [4.69, 9.17) is 0 Å². The van der Waals surface area contributed by atoms with Crippen molar-refractivity contribution in [2.75, 3.05) is 0 Å². The van der Waals surface area contributed by atoms with Gasteiger partial charge in [0.05, 0.1) is 11.6 Å². The van der Waals surface area contributed by atoms with Gasteiger partial charge in [-0.3, -0.25) is 4.98 Å². The van der Waals surface area contributed by atoms with Gasteiger partial charge in [0.15, 0.2) is 0 Å². The first kappa shape index (κ1) is 13.8. The smallest absolute Gasteiger partial charge is 0.0837 e. The molecule has 0 saturated carbocycles. The van der Waals surface area contributed by atoms with Crippen LogP contribution in [0.15, 0.2) is 54.7 Å². The second-order valence-electron chi connectivity index (χ2n) is 5.51. The van der Waals surface area contributed by atoms with E-state index >= 15 is 0 Å². The van der Waals surface area contributed by atoms with Crippen LogP contribution < -0.4 is 0 Å². The van der Waals surface area contributed by atoms with Gasteiger partial charge in [-0.15, -0.1) is 0 Å². The third kappa shape index (κ3) is 2.67. The van der Waals surface area contributed by atoms with Crippen LogP contribution in [0.1, 0.15) is 28.4 Å². The van der Waals surface area contributed by atoms with Gasteiger partial charge in [0, 0.05) is 18.0 Å². The molecular formula is C19H19NO. The largest absolute Gasteiger partial charge is 0.388 e. The molecule has 0 spiro atoms. The number of aryl methyl sites for hydroxylation is 2. The van der Waals surface area contributed by atoms with Crippen LogP contribution in [0.4, 0.5) is 0 Å². The molecule has 1 N–H and O–H groups in total. The van der Waals surface area contributed by atoms with Crippen molar-refractivity contribution >= 4 is 10.9 Å². The number of hydrogen-bond acceptors (Lipinski definition) is 2. The Balaban J connectivity index is 2.00. The van der Waals surface area contributed by atoms with E-state index in [0.717, 1.165) is 16.5 Å². The van der Waals surface area contributed by atoms with E-state index in [2.05, 4.69) is 37.0 Å². The van der Waals surface area contributed by atoms with Crippen LogP contribution in [0.25, 0.3) is 10.9 Å². The molecule has 0 aliphatic rings. The van der Waals surface area contributed by atoms with E-state index in [1.54, 1.807) is 6.20 Å². The molecule has 1 atom stereocenters. The number of aliphatic hydroxyl groups excluding tert-OH is 1. The molecule has 2 aromatic carbocycles. The lowest BCUT2D eigenvalue weighted by Gasteiger charge is -2.16. The Bertz CT molecular complexity index is 754. The molecule has 0 saturated heterocycles. The van der Waals surface area contributed by atoms with E-state index in [0.29, 0.717) is 6.42 Å². The zero-order chi connectivity index (χ0) is 14.8. The molecule has 3 aromatic rings. The fourth-order valence-electron chi connectivity index (χ4n) is 2.88. The monoisotopic (exact) mass is 277 g/mol. The van der Waals surface area contributed by atoms with E-state index in [1.807, 2.05) is 30.3 Å². The Morgan fingerprint density at radius 2 is 1.67 bits per heavy atom. The summed E-state index contributed by atoms with van der Waals surface area (Å²) in [6, 6.07) is 16.1. The number of benzene rings is 2. The van der Waals surface area contributed by atoms with E-state index in [1.165, 1.54) is 16.7 Å². The van der Waals surface area contributed by atoms with Gasteiger partial charge in [-0.1, -0.05) is 36.4 Å². The van der Waals surface area contributed by atoms with Crippen molar-refractivity contribution in [1.82, 2.24) is 4.98 Å². The number of hydrogen-bond donors (Lipinski definition) is 1. The molecule has 0 aliphatic carbocycles. The predicted molar refractivity (Wildman–Crippen MR) is 86.3 cm³/mol. The summed E-state index contributed by atoms with van der Waals surface area (Å²) in [5.41, 5.74) is 5.56. The van der Waals surface area contributed by atoms with E-state index in [9.17, 15) is 5.11 Å². The molecule has 0 fully saturated rings. The highest BCUT2D eigenvalue weighted by Gasteiger charge is 2.14.